The van der Waals surface area contributed by atoms with Gasteiger partial charge in [-0.2, -0.15) is 0 Å². The predicted octanol–water partition coefficient (Wildman–Crippen LogP) is 3.69. The number of carbonyl (C=O) groups excluding carboxylic acids is 1. The largest absolute Gasteiger partial charge is 0.350 e. The second kappa shape index (κ2) is 7.43. The van der Waals surface area contributed by atoms with Crippen molar-refractivity contribution in [2.45, 2.75) is 44.0 Å². The van der Waals surface area contributed by atoms with Gasteiger partial charge in [0.1, 0.15) is 0 Å². The third-order valence-corrected chi connectivity index (χ3v) is 4.57. The number of hydrogen-bond donors (Lipinski definition) is 1. The van der Waals surface area contributed by atoms with Gasteiger partial charge in [-0.1, -0.05) is 35.7 Å². The number of halogens is 2. The lowest BCUT2D eigenvalue weighted by atomic mass is 10.1. The smallest absolute Gasteiger partial charge is 0.261 e. The molecule has 0 aromatic heterocycles. The maximum Gasteiger partial charge on any atom is 0.261 e. The van der Waals surface area contributed by atoms with Gasteiger partial charge in [0.15, 0.2) is 0 Å². The Bertz CT molecular complexity index is 589. The summed E-state index contributed by atoms with van der Waals surface area (Å²) in [6, 6.07) is 4.24. The highest BCUT2D eigenvalue weighted by Gasteiger charge is 2.16. The van der Waals surface area contributed by atoms with Gasteiger partial charge < -0.3 is 5.32 Å². The number of hydrogen-bond acceptors (Lipinski definition) is 3. The number of benzene rings is 1. The molecule has 112 valence electrons. The van der Waals surface area contributed by atoms with Gasteiger partial charge in [-0.05, 0) is 31.5 Å². The Kier molecular flexibility index (Phi) is 6.48. The van der Waals surface area contributed by atoms with Crippen LogP contribution in [0.5, 0.6) is 0 Å². The highest BCUT2D eigenvalue weighted by molar-refractivity contribution is 9.10. The van der Waals surface area contributed by atoms with Gasteiger partial charge in [-0.3, -0.25) is 4.79 Å². The lowest BCUT2D eigenvalue weighted by Crippen LogP contribution is -2.32. The molecule has 1 N–H and O–H groups in total. The first-order valence-corrected chi connectivity index (χ1v) is 9.40. The molecular weight excluding hydrogens is 366 g/mol. The minimum Gasteiger partial charge on any atom is -0.350 e. The molecule has 0 bridgehead atoms. The summed E-state index contributed by atoms with van der Waals surface area (Å²) in [7, 11) is 1.44. The Labute approximate surface area is 132 Å². The first-order chi connectivity index (χ1) is 9.24. The number of nitrogens with one attached hydrogen (secondary N) is 1. The standard InChI is InChI=1S/C13H17BrClNO3S/c1-3-4-5-9(2)16-13(17)10-6-11(14)8-12(7-10)20(15,18)19/h6-9H,3-5H2,1-2H3,(H,16,17). The van der Waals surface area contributed by atoms with Crippen LogP contribution in [0.1, 0.15) is 43.5 Å². The molecule has 7 heteroatoms. The van der Waals surface area contributed by atoms with Crippen molar-refractivity contribution in [3.63, 3.8) is 0 Å². The van der Waals surface area contributed by atoms with Crippen molar-refractivity contribution in [1.29, 1.82) is 0 Å². The molecule has 0 fully saturated rings. The van der Waals surface area contributed by atoms with E-state index in [-0.39, 0.29) is 22.4 Å². The first-order valence-electron chi connectivity index (χ1n) is 6.30. The van der Waals surface area contributed by atoms with Crippen LogP contribution in [0.15, 0.2) is 27.6 Å². The van der Waals surface area contributed by atoms with Crippen LogP contribution >= 0.6 is 26.6 Å². The molecule has 0 radical (unpaired) electrons. The zero-order chi connectivity index (χ0) is 15.3. The van der Waals surface area contributed by atoms with E-state index in [9.17, 15) is 13.2 Å². The van der Waals surface area contributed by atoms with E-state index in [2.05, 4.69) is 28.2 Å². The highest BCUT2D eigenvalue weighted by atomic mass is 79.9. The lowest BCUT2D eigenvalue weighted by Gasteiger charge is -2.13. The molecule has 4 nitrogen and oxygen atoms in total. The van der Waals surface area contributed by atoms with Crippen LogP contribution < -0.4 is 5.32 Å². The van der Waals surface area contributed by atoms with Gasteiger partial charge in [0, 0.05) is 26.8 Å². The molecule has 1 aromatic rings. The SMILES string of the molecule is CCCCC(C)NC(=O)c1cc(Br)cc(S(=O)(=O)Cl)c1. The molecule has 1 unspecified atom stereocenters. The average molecular weight is 383 g/mol. The molecule has 0 aliphatic rings. The van der Waals surface area contributed by atoms with E-state index < -0.39 is 9.05 Å². The molecule has 1 amide bonds. The summed E-state index contributed by atoms with van der Waals surface area (Å²) in [5.41, 5.74) is 0.266. The van der Waals surface area contributed by atoms with Crippen molar-refractivity contribution < 1.29 is 13.2 Å². The number of amides is 1. The zero-order valence-electron chi connectivity index (χ0n) is 11.3. The van der Waals surface area contributed by atoms with Crippen LogP contribution in [-0.2, 0) is 9.05 Å². The maximum atomic E-state index is 12.1. The summed E-state index contributed by atoms with van der Waals surface area (Å²) >= 11 is 3.18. The van der Waals surface area contributed by atoms with E-state index in [0.717, 1.165) is 19.3 Å². The fourth-order valence-electron chi connectivity index (χ4n) is 1.72. The van der Waals surface area contributed by atoms with Crippen molar-refractivity contribution in [3.8, 4) is 0 Å². The van der Waals surface area contributed by atoms with Crippen molar-refractivity contribution in [2.75, 3.05) is 0 Å². The van der Waals surface area contributed by atoms with Crippen molar-refractivity contribution in [3.05, 3.63) is 28.2 Å². The van der Waals surface area contributed by atoms with E-state index in [1.807, 2.05) is 6.92 Å². The minimum absolute atomic E-state index is 0.0393. The van der Waals surface area contributed by atoms with Crippen LogP contribution in [-0.4, -0.2) is 20.4 Å². The van der Waals surface area contributed by atoms with E-state index in [0.29, 0.717) is 4.47 Å². The van der Waals surface area contributed by atoms with Crippen molar-refractivity contribution in [2.24, 2.45) is 0 Å². The van der Waals surface area contributed by atoms with Crippen LogP contribution in [0, 0.1) is 0 Å². The molecular formula is C13H17BrClNO3S. The normalized spacial score (nSPS) is 13.0. The first kappa shape index (κ1) is 17.5. The molecule has 0 spiro atoms. The molecule has 0 saturated heterocycles. The monoisotopic (exact) mass is 381 g/mol. The fraction of sp³-hybridized carbons (Fsp3) is 0.462. The number of rotatable bonds is 6. The predicted molar refractivity (Wildman–Crippen MR) is 83.6 cm³/mol. The third kappa shape index (κ3) is 5.42. The Morgan fingerprint density at radius 3 is 2.60 bits per heavy atom. The summed E-state index contributed by atoms with van der Waals surface area (Å²) in [6.07, 6.45) is 2.98. The zero-order valence-corrected chi connectivity index (χ0v) is 14.5. The molecule has 1 aromatic carbocycles. The van der Waals surface area contributed by atoms with E-state index in [1.54, 1.807) is 6.07 Å². The van der Waals surface area contributed by atoms with Crippen LogP contribution in [0.3, 0.4) is 0 Å². The van der Waals surface area contributed by atoms with E-state index in [1.165, 1.54) is 12.1 Å². The topological polar surface area (TPSA) is 63.2 Å². The molecule has 20 heavy (non-hydrogen) atoms. The quantitative estimate of drug-likeness (QED) is 0.763. The second-order valence-electron chi connectivity index (χ2n) is 4.63. The Morgan fingerprint density at radius 2 is 2.05 bits per heavy atom. The van der Waals surface area contributed by atoms with Gasteiger partial charge in [0.2, 0.25) is 0 Å². The van der Waals surface area contributed by atoms with Gasteiger partial charge in [0.25, 0.3) is 15.0 Å². The van der Waals surface area contributed by atoms with E-state index in [4.69, 9.17) is 10.7 Å². The summed E-state index contributed by atoms with van der Waals surface area (Å²) in [4.78, 5) is 12.0. The van der Waals surface area contributed by atoms with Crippen LogP contribution in [0.2, 0.25) is 0 Å². The Morgan fingerprint density at radius 1 is 1.40 bits per heavy atom. The molecule has 0 aliphatic heterocycles. The summed E-state index contributed by atoms with van der Waals surface area (Å²) < 4.78 is 23.2. The average Bonchev–Trinajstić information content (AvgIpc) is 2.34. The molecule has 0 heterocycles. The fourth-order valence-corrected chi connectivity index (χ4v) is 3.17. The van der Waals surface area contributed by atoms with Gasteiger partial charge >= 0.3 is 0 Å². The molecule has 0 aliphatic carbocycles. The highest BCUT2D eigenvalue weighted by Crippen LogP contribution is 2.22. The summed E-state index contributed by atoms with van der Waals surface area (Å²) in [5.74, 6) is -0.309. The number of carbonyl (C=O) groups is 1. The van der Waals surface area contributed by atoms with Crippen LogP contribution in [0.4, 0.5) is 0 Å². The van der Waals surface area contributed by atoms with Gasteiger partial charge in [-0.25, -0.2) is 8.42 Å². The minimum atomic E-state index is -3.86. The Balaban J connectivity index is 2.91. The van der Waals surface area contributed by atoms with Gasteiger partial charge in [0.05, 0.1) is 4.90 Å². The second-order valence-corrected chi connectivity index (χ2v) is 8.11. The maximum absolute atomic E-state index is 12.1. The summed E-state index contributed by atoms with van der Waals surface area (Å²) in [6.45, 7) is 4.01. The van der Waals surface area contributed by atoms with E-state index >= 15 is 0 Å². The lowest BCUT2D eigenvalue weighted by molar-refractivity contribution is 0.0937. The number of unbranched alkanes of at least 4 members (excludes halogenated alkanes) is 1. The van der Waals surface area contributed by atoms with Crippen molar-refractivity contribution in [1.82, 2.24) is 5.32 Å². The summed E-state index contributed by atoms with van der Waals surface area (Å²) in [5, 5.41) is 2.84. The Hall–Kier alpha value is -0.590. The van der Waals surface area contributed by atoms with Gasteiger partial charge in [-0.15, -0.1) is 0 Å². The third-order valence-electron chi connectivity index (χ3n) is 2.78. The van der Waals surface area contributed by atoms with Crippen molar-refractivity contribution >= 4 is 41.6 Å². The molecule has 1 atom stereocenters. The molecule has 1 rings (SSSR count). The molecule has 0 saturated carbocycles. The van der Waals surface area contributed by atoms with Crippen LogP contribution in [0.25, 0.3) is 0 Å².